The van der Waals surface area contributed by atoms with E-state index >= 15 is 0 Å². The first-order valence-electron chi connectivity index (χ1n) is 14.2. The fourth-order valence-electron chi connectivity index (χ4n) is 4.75. The molecule has 2 aromatic carbocycles. The molecule has 2 atom stereocenters. The molecule has 2 unspecified atom stereocenters. The molecule has 38 heavy (non-hydrogen) atoms. The lowest BCUT2D eigenvalue weighted by Crippen LogP contribution is -2.25. The maximum atomic E-state index is 12.1. The molecule has 0 spiro atoms. The van der Waals surface area contributed by atoms with Crippen molar-refractivity contribution in [1.82, 2.24) is 0 Å². The molecular weight excluding hydrogens is 476 g/mol. The number of rotatable bonds is 18. The Bertz CT molecular complexity index is 925. The van der Waals surface area contributed by atoms with Crippen molar-refractivity contribution < 1.29 is 24.6 Å². The predicted molar refractivity (Wildman–Crippen MR) is 154 cm³/mol. The van der Waals surface area contributed by atoms with E-state index in [0.717, 1.165) is 63.4 Å². The summed E-state index contributed by atoms with van der Waals surface area (Å²) in [5.74, 6) is -1.04. The summed E-state index contributed by atoms with van der Waals surface area (Å²) < 4.78 is 0. The van der Waals surface area contributed by atoms with Gasteiger partial charge in [-0.2, -0.15) is 0 Å². The highest BCUT2D eigenvalue weighted by Crippen LogP contribution is 2.33. The number of hydrogen-bond acceptors (Lipinski definition) is 3. The predicted octanol–water partition coefficient (Wildman–Crippen LogP) is 8.25. The fraction of sp³-hybridized carbons (Fsp3) is 0.545. The van der Waals surface area contributed by atoms with Crippen LogP contribution in [0.5, 0.6) is 0 Å². The van der Waals surface area contributed by atoms with Crippen LogP contribution in [0.1, 0.15) is 109 Å². The molecule has 0 bridgehead atoms. The zero-order chi connectivity index (χ0) is 28.2. The lowest BCUT2D eigenvalue weighted by atomic mass is 9.75. The fourth-order valence-corrected chi connectivity index (χ4v) is 4.75. The number of benzene rings is 2. The van der Waals surface area contributed by atoms with E-state index in [9.17, 15) is 19.5 Å². The zero-order valence-corrected chi connectivity index (χ0v) is 23.7. The standard InChI is InChI=1S/C25H38O5.C8H10/c1-20(18-23(27)28)12-6-3-9-15-22(26)16-10-5-11-17-25(2,19-24(29)30)21-13-7-4-8-14-21;1-2-8-6-4-3-5-7-8/h4,7-8,13-14,20H,3,5-6,9-12,15-19H2,1-2H3,(H,27,28)(H,29,30);3-7H,2H2,1H3. The summed E-state index contributed by atoms with van der Waals surface area (Å²) >= 11 is 0. The Kier molecular flexibility index (Phi) is 16.7. The van der Waals surface area contributed by atoms with Crippen LogP contribution in [0.3, 0.4) is 0 Å². The van der Waals surface area contributed by atoms with Crippen LogP contribution in [0, 0.1) is 5.92 Å². The first-order valence-corrected chi connectivity index (χ1v) is 14.2. The van der Waals surface area contributed by atoms with Crippen molar-refractivity contribution in [3.8, 4) is 0 Å². The molecule has 0 amide bonds. The summed E-state index contributed by atoms with van der Waals surface area (Å²) in [4.78, 5) is 34.0. The lowest BCUT2D eigenvalue weighted by Gasteiger charge is -2.28. The van der Waals surface area contributed by atoms with Crippen molar-refractivity contribution in [2.24, 2.45) is 5.92 Å². The summed E-state index contributed by atoms with van der Waals surface area (Å²) in [5, 5.41) is 18.1. The van der Waals surface area contributed by atoms with Crippen LogP contribution in [0.2, 0.25) is 0 Å². The number of aliphatic carboxylic acids is 2. The molecule has 0 heterocycles. The van der Waals surface area contributed by atoms with E-state index in [2.05, 4.69) is 31.2 Å². The number of carbonyl (C=O) groups excluding carboxylic acids is 1. The van der Waals surface area contributed by atoms with Gasteiger partial charge in [0.2, 0.25) is 0 Å². The Hall–Kier alpha value is -2.95. The van der Waals surface area contributed by atoms with Gasteiger partial charge in [0.1, 0.15) is 5.78 Å². The van der Waals surface area contributed by atoms with Gasteiger partial charge in [0.05, 0.1) is 6.42 Å². The SMILES string of the molecule is CC(CCCCCC(=O)CCCCCC(C)(CC(=O)O)c1ccccc1)CC(=O)O.CCc1ccccc1. The Morgan fingerprint density at radius 2 is 1.32 bits per heavy atom. The molecule has 0 aliphatic carbocycles. The van der Waals surface area contributed by atoms with Gasteiger partial charge in [-0.05, 0) is 42.7 Å². The second kappa shape index (κ2) is 19.2. The zero-order valence-electron chi connectivity index (χ0n) is 23.7. The Morgan fingerprint density at radius 1 is 0.763 bits per heavy atom. The molecule has 210 valence electrons. The van der Waals surface area contributed by atoms with Crippen molar-refractivity contribution in [1.29, 1.82) is 0 Å². The smallest absolute Gasteiger partial charge is 0.304 e. The number of carbonyl (C=O) groups is 3. The van der Waals surface area contributed by atoms with Crippen molar-refractivity contribution in [2.75, 3.05) is 0 Å². The second-order valence-electron chi connectivity index (χ2n) is 10.7. The number of carboxylic acid groups (broad SMARTS) is 2. The molecular formula is C33H48O5. The minimum absolute atomic E-state index is 0.112. The van der Waals surface area contributed by atoms with Crippen LogP contribution in [-0.4, -0.2) is 27.9 Å². The average Bonchev–Trinajstić information content (AvgIpc) is 2.89. The summed E-state index contributed by atoms with van der Waals surface area (Å²) in [7, 11) is 0. The van der Waals surface area contributed by atoms with Gasteiger partial charge in [-0.3, -0.25) is 14.4 Å². The second-order valence-corrected chi connectivity index (χ2v) is 10.7. The molecule has 0 aliphatic rings. The molecule has 5 heteroatoms. The first kappa shape index (κ1) is 33.1. The van der Waals surface area contributed by atoms with E-state index in [0.29, 0.717) is 18.6 Å². The molecule has 0 saturated carbocycles. The third kappa shape index (κ3) is 15.3. The number of unbranched alkanes of at least 4 members (excludes halogenated alkanes) is 4. The number of carboxylic acids is 2. The molecule has 2 aromatic rings. The van der Waals surface area contributed by atoms with Crippen molar-refractivity contribution in [3.63, 3.8) is 0 Å². The van der Waals surface area contributed by atoms with Crippen molar-refractivity contribution in [2.45, 2.75) is 110 Å². The normalized spacial score (nSPS) is 13.0. The summed E-state index contributed by atoms with van der Waals surface area (Å²) in [5.41, 5.74) is 2.09. The molecule has 5 nitrogen and oxygen atoms in total. The van der Waals surface area contributed by atoms with E-state index in [1.807, 2.05) is 50.2 Å². The molecule has 2 N–H and O–H groups in total. The average molecular weight is 525 g/mol. The quantitative estimate of drug-likeness (QED) is 0.192. The molecule has 0 aromatic heterocycles. The molecule has 2 rings (SSSR count). The summed E-state index contributed by atoms with van der Waals surface area (Å²) in [6.07, 6.45) is 9.89. The van der Waals surface area contributed by atoms with E-state index in [1.54, 1.807) is 0 Å². The Morgan fingerprint density at radius 3 is 1.82 bits per heavy atom. The van der Waals surface area contributed by atoms with E-state index < -0.39 is 11.9 Å². The third-order valence-corrected chi connectivity index (χ3v) is 7.12. The number of hydrogen-bond donors (Lipinski definition) is 2. The summed E-state index contributed by atoms with van der Waals surface area (Å²) in [6, 6.07) is 20.3. The summed E-state index contributed by atoms with van der Waals surface area (Å²) in [6.45, 7) is 6.13. The van der Waals surface area contributed by atoms with Gasteiger partial charge >= 0.3 is 11.9 Å². The topological polar surface area (TPSA) is 91.7 Å². The van der Waals surface area contributed by atoms with Crippen LogP contribution >= 0.6 is 0 Å². The van der Waals surface area contributed by atoms with Gasteiger partial charge in [-0.15, -0.1) is 0 Å². The first-order chi connectivity index (χ1) is 18.2. The maximum Gasteiger partial charge on any atom is 0.304 e. The molecule has 0 saturated heterocycles. The number of ketones is 1. The minimum Gasteiger partial charge on any atom is -0.481 e. The highest BCUT2D eigenvalue weighted by Gasteiger charge is 2.28. The van der Waals surface area contributed by atoms with Crippen LogP contribution in [-0.2, 0) is 26.2 Å². The molecule has 0 aliphatic heterocycles. The lowest BCUT2D eigenvalue weighted by molar-refractivity contribution is -0.139. The van der Waals surface area contributed by atoms with E-state index in [1.165, 1.54) is 5.56 Å². The largest absolute Gasteiger partial charge is 0.481 e. The molecule has 0 radical (unpaired) electrons. The maximum absolute atomic E-state index is 12.1. The van der Waals surface area contributed by atoms with Crippen molar-refractivity contribution >= 4 is 17.7 Å². The van der Waals surface area contributed by atoms with Gasteiger partial charge < -0.3 is 10.2 Å². The van der Waals surface area contributed by atoms with Gasteiger partial charge in [-0.1, -0.05) is 114 Å². The van der Waals surface area contributed by atoms with Gasteiger partial charge in [0.15, 0.2) is 0 Å². The highest BCUT2D eigenvalue weighted by atomic mass is 16.4. The van der Waals surface area contributed by atoms with Crippen LogP contribution in [0.15, 0.2) is 60.7 Å². The van der Waals surface area contributed by atoms with Gasteiger partial charge in [0, 0.05) is 24.7 Å². The molecule has 0 fully saturated rings. The van der Waals surface area contributed by atoms with Gasteiger partial charge in [0.25, 0.3) is 0 Å². The van der Waals surface area contributed by atoms with E-state index in [-0.39, 0.29) is 24.2 Å². The Labute approximate surface area is 229 Å². The third-order valence-electron chi connectivity index (χ3n) is 7.12. The van der Waals surface area contributed by atoms with Crippen LogP contribution in [0.4, 0.5) is 0 Å². The number of aryl methyl sites for hydroxylation is 1. The van der Waals surface area contributed by atoms with Gasteiger partial charge in [-0.25, -0.2) is 0 Å². The highest BCUT2D eigenvalue weighted by molar-refractivity contribution is 5.78. The van der Waals surface area contributed by atoms with E-state index in [4.69, 9.17) is 5.11 Å². The minimum atomic E-state index is -0.783. The number of Topliss-reactive ketones (excluding diaryl/α,β-unsaturated/α-hetero) is 1. The monoisotopic (exact) mass is 524 g/mol. The van der Waals surface area contributed by atoms with Crippen LogP contribution < -0.4 is 0 Å². The van der Waals surface area contributed by atoms with Crippen molar-refractivity contribution in [3.05, 3.63) is 71.8 Å². The Balaban J connectivity index is 0.000000763. The van der Waals surface area contributed by atoms with Crippen LogP contribution in [0.25, 0.3) is 0 Å².